The van der Waals surface area contributed by atoms with Crippen LogP contribution in [0.1, 0.15) is 36.4 Å². The summed E-state index contributed by atoms with van der Waals surface area (Å²) in [7, 11) is 0. The molecule has 1 unspecified atom stereocenters. The lowest BCUT2D eigenvalue weighted by molar-refractivity contribution is -0.128. The highest BCUT2D eigenvalue weighted by Crippen LogP contribution is 2.48. The molecule has 120 valence electrons. The molecule has 1 saturated carbocycles. The largest absolute Gasteiger partial charge is 0.360 e. The number of carbonyl (C=O) groups is 1. The van der Waals surface area contributed by atoms with Crippen LogP contribution < -0.4 is 4.90 Å². The van der Waals surface area contributed by atoms with Crippen molar-refractivity contribution in [2.45, 2.75) is 31.3 Å². The van der Waals surface area contributed by atoms with E-state index in [9.17, 15) is 4.79 Å². The molecule has 5 rings (SSSR count). The van der Waals surface area contributed by atoms with Crippen LogP contribution in [0.25, 0.3) is 0 Å². The van der Waals surface area contributed by atoms with Crippen molar-refractivity contribution in [2.75, 3.05) is 4.90 Å². The number of hydrogen-bond acceptors (Lipinski definition) is 3. The smallest absolute Gasteiger partial charge is 0.140 e. The van der Waals surface area contributed by atoms with Gasteiger partial charge in [0.25, 0.3) is 0 Å². The first-order chi connectivity index (χ1) is 11.7. The van der Waals surface area contributed by atoms with Crippen LogP contribution >= 0.6 is 11.6 Å². The number of nitrogens with zero attached hydrogens (tertiary/aromatic N) is 2. The average molecular weight is 337 g/mol. The number of nitriles is 1. The predicted molar refractivity (Wildman–Crippen MR) is 94.0 cm³/mol. The lowest BCUT2D eigenvalue weighted by atomic mass is 9.71. The third-order valence-corrected chi connectivity index (χ3v) is 5.46. The third-order valence-electron chi connectivity index (χ3n) is 5.22. The normalized spacial score (nSPS) is 25.6. The number of halogens is 1. The zero-order valence-corrected chi connectivity index (χ0v) is 13.9. The lowest BCUT2D eigenvalue weighted by Crippen LogP contribution is -2.54. The van der Waals surface area contributed by atoms with E-state index < -0.39 is 0 Å². The van der Waals surface area contributed by atoms with Crippen molar-refractivity contribution in [3.8, 4) is 6.07 Å². The standard InChI is InChI=1S/C20H17ClN2O/c21-15-2-1-3-16(10-15)23-17-8-9-18(19(24)11-17)20(23)14-6-4-13(12-22)5-7-14/h1-7,10,17-18,20H,8-9,11H2/t17-,18+,20?/m0/s1. The summed E-state index contributed by atoms with van der Waals surface area (Å²) in [6.07, 6.45) is 2.59. The number of carbonyl (C=O) groups excluding carboxylic acids is 1. The molecule has 1 aliphatic carbocycles. The molecule has 2 heterocycles. The lowest BCUT2D eigenvalue weighted by Gasteiger charge is -2.52. The zero-order chi connectivity index (χ0) is 16.7. The summed E-state index contributed by atoms with van der Waals surface area (Å²) in [5.41, 5.74) is 2.80. The highest BCUT2D eigenvalue weighted by Gasteiger charge is 2.47. The maximum atomic E-state index is 12.5. The number of benzene rings is 2. The van der Waals surface area contributed by atoms with Gasteiger partial charge in [0.2, 0.25) is 0 Å². The minimum atomic E-state index is 0.0157. The van der Waals surface area contributed by atoms with Gasteiger partial charge in [0.15, 0.2) is 0 Å². The summed E-state index contributed by atoms with van der Waals surface area (Å²) in [4.78, 5) is 14.9. The summed E-state index contributed by atoms with van der Waals surface area (Å²) < 4.78 is 0. The first-order valence-electron chi connectivity index (χ1n) is 8.24. The molecule has 3 atom stereocenters. The van der Waals surface area contributed by atoms with Crippen LogP contribution in [-0.2, 0) is 4.79 Å². The van der Waals surface area contributed by atoms with Gasteiger partial charge >= 0.3 is 0 Å². The monoisotopic (exact) mass is 336 g/mol. The van der Waals surface area contributed by atoms with Crippen LogP contribution in [0.3, 0.4) is 0 Å². The fourth-order valence-corrected chi connectivity index (χ4v) is 4.35. The van der Waals surface area contributed by atoms with Gasteiger partial charge in [-0.2, -0.15) is 5.26 Å². The third kappa shape index (κ3) is 2.48. The van der Waals surface area contributed by atoms with Gasteiger partial charge in [-0.25, -0.2) is 0 Å². The molecule has 2 aromatic rings. The molecule has 0 N–H and O–H groups in total. The Balaban J connectivity index is 1.80. The molecule has 3 nitrogen and oxygen atoms in total. The summed E-state index contributed by atoms with van der Waals surface area (Å²) in [5.74, 6) is 0.376. The maximum absolute atomic E-state index is 12.5. The molecular weight excluding hydrogens is 320 g/mol. The van der Waals surface area contributed by atoms with Gasteiger partial charge in [-0.05, 0) is 48.7 Å². The van der Waals surface area contributed by atoms with Crippen molar-refractivity contribution in [2.24, 2.45) is 5.92 Å². The van der Waals surface area contributed by atoms with E-state index >= 15 is 0 Å². The minimum Gasteiger partial charge on any atom is -0.360 e. The number of hydrogen-bond donors (Lipinski definition) is 0. The second-order valence-electron chi connectivity index (χ2n) is 6.57. The number of piperidine rings is 2. The van der Waals surface area contributed by atoms with E-state index in [4.69, 9.17) is 16.9 Å². The Morgan fingerprint density at radius 2 is 1.92 bits per heavy atom. The molecule has 24 heavy (non-hydrogen) atoms. The molecule has 3 fully saturated rings. The molecule has 0 aromatic heterocycles. The molecule has 2 bridgehead atoms. The maximum Gasteiger partial charge on any atom is 0.140 e. The van der Waals surface area contributed by atoms with Gasteiger partial charge in [-0.3, -0.25) is 4.79 Å². The molecule has 0 amide bonds. The van der Waals surface area contributed by atoms with Gasteiger partial charge in [-0.1, -0.05) is 29.8 Å². The van der Waals surface area contributed by atoms with Gasteiger partial charge in [0.1, 0.15) is 5.78 Å². The van der Waals surface area contributed by atoms with E-state index in [2.05, 4.69) is 17.0 Å². The number of anilines is 1. The Bertz CT molecular complexity index is 824. The predicted octanol–water partition coefficient (Wildman–Crippen LogP) is 4.51. The minimum absolute atomic E-state index is 0.0157. The Morgan fingerprint density at radius 1 is 1.12 bits per heavy atom. The van der Waals surface area contributed by atoms with E-state index in [1.54, 1.807) is 0 Å². The fourth-order valence-electron chi connectivity index (χ4n) is 4.17. The van der Waals surface area contributed by atoms with Crippen molar-refractivity contribution >= 4 is 23.1 Å². The second kappa shape index (κ2) is 5.96. The summed E-state index contributed by atoms with van der Waals surface area (Å²) >= 11 is 6.20. The molecule has 0 radical (unpaired) electrons. The molecule has 2 aliphatic heterocycles. The van der Waals surface area contributed by atoms with Crippen LogP contribution in [-0.4, -0.2) is 11.8 Å². The van der Waals surface area contributed by atoms with E-state index in [0.29, 0.717) is 22.8 Å². The van der Waals surface area contributed by atoms with Gasteiger partial charge in [-0.15, -0.1) is 0 Å². The topological polar surface area (TPSA) is 44.1 Å². The van der Waals surface area contributed by atoms with Crippen molar-refractivity contribution in [3.05, 3.63) is 64.7 Å². The van der Waals surface area contributed by atoms with E-state index in [1.807, 2.05) is 42.5 Å². The first-order valence-corrected chi connectivity index (χ1v) is 8.62. The Kier molecular flexibility index (Phi) is 3.78. The number of rotatable bonds is 2. The number of Topliss-reactive ketones (excluding diaryl/α,β-unsaturated/α-hetero) is 1. The van der Waals surface area contributed by atoms with Gasteiger partial charge in [0.05, 0.1) is 17.7 Å². The van der Waals surface area contributed by atoms with Crippen molar-refractivity contribution in [3.63, 3.8) is 0 Å². The van der Waals surface area contributed by atoms with Crippen LogP contribution in [0.5, 0.6) is 0 Å². The van der Waals surface area contributed by atoms with Gasteiger partial charge in [0, 0.05) is 29.1 Å². The van der Waals surface area contributed by atoms with Crippen molar-refractivity contribution in [1.29, 1.82) is 5.26 Å². The Morgan fingerprint density at radius 3 is 2.58 bits per heavy atom. The van der Waals surface area contributed by atoms with Crippen molar-refractivity contribution in [1.82, 2.24) is 0 Å². The summed E-state index contributed by atoms with van der Waals surface area (Å²) in [6, 6.07) is 17.9. The quantitative estimate of drug-likeness (QED) is 0.810. The average Bonchev–Trinajstić information content (AvgIpc) is 2.61. The number of ketones is 1. The van der Waals surface area contributed by atoms with E-state index in [0.717, 1.165) is 24.1 Å². The number of fused-ring (bicyclic) bond motifs is 3. The summed E-state index contributed by atoms with van der Waals surface area (Å²) in [6.45, 7) is 0. The second-order valence-corrected chi connectivity index (χ2v) is 7.01. The van der Waals surface area contributed by atoms with Crippen molar-refractivity contribution < 1.29 is 4.79 Å². The molecular formula is C20H17ClN2O. The molecule has 2 aromatic carbocycles. The zero-order valence-electron chi connectivity index (χ0n) is 13.2. The highest BCUT2D eigenvalue weighted by atomic mass is 35.5. The van der Waals surface area contributed by atoms with E-state index in [-0.39, 0.29) is 18.0 Å². The summed E-state index contributed by atoms with van der Waals surface area (Å²) in [5, 5.41) is 9.72. The molecule has 4 heteroatoms. The Labute approximate surface area is 146 Å². The SMILES string of the molecule is N#Cc1ccc(C2[C@@H]3CC[C@@H](CC3=O)N2c2cccc(Cl)c2)cc1. The van der Waals surface area contributed by atoms with Crippen LogP contribution in [0, 0.1) is 17.2 Å². The van der Waals surface area contributed by atoms with Gasteiger partial charge < -0.3 is 4.90 Å². The first kappa shape index (κ1) is 15.2. The highest BCUT2D eigenvalue weighted by molar-refractivity contribution is 6.30. The molecule has 3 aliphatic rings. The van der Waals surface area contributed by atoms with Crippen LogP contribution in [0.4, 0.5) is 5.69 Å². The molecule has 2 saturated heterocycles. The fraction of sp³-hybridized carbons (Fsp3) is 0.300. The van der Waals surface area contributed by atoms with Crippen LogP contribution in [0.2, 0.25) is 5.02 Å². The molecule has 0 spiro atoms. The Hall–Kier alpha value is -2.31. The van der Waals surface area contributed by atoms with E-state index in [1.165, 1.54) is 0 Å². The van der Waals surface area contributed by atoms with Crippen LogP contribution in [0.15, 0.2) is 48.5 Å².